The van der Waals surface area contributed by atoms with Crippen molar-refractivity contribution in [2.45, 2.75) is 25.7 Å². The van der Waals surface area contributed by atoms with Crippen LogP contribution in [0.2, 0.25) is 0 Å². The number of hydrogen-bond acceptors (Lipinski definition) is 2. The molecule has 14 heavy (non-hydrogen) atoms. The third-order valence-electron chi connectivity index (χ3n) is 1.58. The van der Waals surface area contributed by atoms with Crippen molar-refractivity contribution in [1.29, 1.82) is 5.26 Å². The van der Waals surface area contributed by atoms with Crippen molar-refractivity contribution >= 4 is 0 Å². The largest absolute Gasteiger partial charge is 0.313 e. The van der Waals surface area contributed by atoms with Crippen LogP contribution in [0.4, 0.5) is 0 Å². The van der Waals surface area contributed by atoms with Gasteiger partial charge in [-0.3, -0.25) is 0 Å². The van der Waals surface area contributed by atoms with Gasteiger partial charge in [0.25, 0.3) is 0 Å². The molecule has 0 spiro atoms. The third kappa shape index (κ3) is 4.06. The summed E-state index contributed by atoms with van der Waals surface area (Å²) in [6.45, 7) is -2.95. The first-order chi connectivity index (χ1) is 9.17. The summed E-state index contributed by atoms with van der Waals surface area (Å²) < 4.78 is 46.8. The van der Waals surface area contributed by atoms with Gasteiger partial charge < -0.3 is 5.32 Å². The molecule has 1 unspecified atom stereocenters. The Morgan fingerprint density at radius 3 is 3.07 bits per heavy atom. The van der Waals surface area contributed by atoms with Crippen molar-refractivity contribution in [3.05, 3.63) is 35.9 Å². The van der Waals surface area contributed by atoms with E-state index in [1.54, 1.807) is 18.2 Å². The van der Waals surface area contributed by atoms with Crippen LogP contribution >= 0.6 is 0 Å². The van der Waals surface area contributed by atoms with Crippen molar-refractivity contribution in [3.63, 3.8) is 0 Å². The quantitative estimate of drug-likeness (QED) is 0.729. The van der Waals surface area contributed by atoms with Gasteiger partial charge >= 0.3 is 0 Å². The van der Waals surface area contributed by atoms with E-state index >= 15 is 0 Å². The number of nitrogens with one attached hydrogen (secondary N) is 1. The fourth-order valence-electron chi connectivity index (χ4n) is 0.953. The van der Waals surface area contributed by atoms with Crippen LogP contribution in [0.1, 0.15) is 27.1 Å². The van der Waals surface area contributed by atoms with Gasteiger partial charge in [-0.15, -0.1) is 0 Å². The fraction of sp³-hybridized carbons (Fsp3) is 0.417. The van der Waals surface area contributed by atoms with Gasteiger partial charge in [0.15, 0.2) is 0 Å². The second kappa shape index (κ2) is 6.17. The lowest BCUT2D eigenvalue weighted by atomic mass is 10.1. The molecule has 74 valence electrons. The Morgan fingerprint density at radius 1 is 1.64 bits per heavy atom. The first-order valence-electron chi connectivity index (χ1n) is 7.34. The molecule has 0 aliphatic rings. The molecule has 0 radical (unpaired) electrons. The number of hydrogen-bond donors (Lipinski definition) is 1. The van der Waals surface area contributed by atoms with Crippen molar-refractivity contribution in [2.24, 2.45) is 0 Å². The molecule has 0 saturated heterocycles. The van der Waals surface area contributed by atoms with Gasteiger partial charge in [0, 0.05) is 27.2 Å². The van der Waals surface area contributed by atoms with Crippen molar-refractivity contribution in [1.82, 2.24) is 5.32 Å². The Balaban J connectivity index is 3.20. The normalized spacial score (nSPS) is 22.5. The monoisotopic (exact) mass is 194 g/mol. The molecule has 0 bridgehead atoms. The van der Waals surface area contributed by atoms with E-state index in [2.05, 4.69) is 5.32 Å². The maximum Gasteiger partial charge on any atom is 0.0635 e. The highest BCUT2D eigenvalue weighted by molar-refractivity contribution is 5.15. The molecule has 1 aromatic rings. The van der Waals surface area contributed by atoms with E-state index in [0.29, 0.717) is 0 Å². The van der Waals surface area contributed by atoms with Gasteiger partial charge in [0.05, 0.1) is 6.07 Å². The second-order valence-corrected chi connectivity index (χ2v) is 2.70. The molecule has 0 aliphatic heterocycles. The van der Waals surface area contributed by atoms with Gasteiger partial charge in [-0.2, -0.15) is 5.26 Å². The van der Waals surface area contributed by atoms with E-state index in [4.69, 9.17) is 13.5 Å². The molecule has 0 fully saturated rings. The standard InChI is InChI=1S/C12H16N2/c1-11(14-9-5-8-13)10-12-6-3-2-4-7-12/h2-4,6-7,11,14H,5,9-10H2,1H3/i1D3,10D2,11D. The van der Waals surface area contributed by atoms with Crippen LogP contribution in [0.3, 0.4) is 0 Å². The lowest BCUT2D eigenvalue weighted by Crippen LogP contribution is -2.28. The molecule has 1 atom stereocenters. The summed E-state index contributed by atoms with van der Waals surface area (Å²) in [4.78, 5) is 0. The minimum Gasteiger partial charge on any atom is -0.313 e. The number of rotatable bonds is 5. The smallest absolute Gasteiger partial charge is 0.0635 e. The summed E-state index contributed by atoms with van der Waals surface area (Å²) in [6.07, 6.45) is -2.43. The van der Waals surface area contributed by atoms with E-state index in [1.807, 2.05) is 6.07 Å². The van der Waals surface area contributed by atoms with Gasteiger partial charge in [-0.25, -0.2) is 0 Å². The molecule has 0 aliphatic carbocycles. The van der Waals surface area contributed by atoms with Gasteiger partial charge in [-0.1, -0.05) is 30.3 Å². The highest BCUT2D eigenvalue weighted by atomic mass is 14.9. The zero-order valence-corrected chi connectivity index (χ0v) is 7.75. The van der Waals surface area contributed by atoms with E-state index in [9.17, 15) is 0 Å². The topological polar surface area (TPSA) is 35.8 Å². The first kappa shape index (κ1) is 4.95. The molecule has 2 heteroatoms. The molecular formula is C12H16N2. The number of nitriles is 1. The highest BCUT2D eigenvalue weighted by Gasteiger charge is 2.01. The van der Waals surface area contributed by atoms with Gasteiger partial charge in [0.1, 0.15) is 0 Å². The van der Waals surface area contributed by atoms with Crippen LogP contribution in [-0.2, 0) is 6.37 Å². The maximum absolute atomic E-state index is 8.50. The predicted octanol–water partition coefficient (Wildman–Crippen LogP) is 2.12. The van der Waals surface area contributed by atoms with Crippen LogP contribution in [0.5, 0.6) is 0 Å². The molecule has 0 amide bonds. The Hall–Kier alpha value is -1.33. The Bertz CT molecular complexity index is 479. The predicted molar refractivity (Wildman–Crippen MR) is 57.8 cm³/mol. The Morgan fingerprint density at radius 2 is 2.43 bits per heavy atom. The summed E-state index contributed by atoms with van der Waals surface area (Å²) >= 11 is 0. The van der Waals surface area contributed by atoms with Crippen LogP contribution in [-0.4, -0.2) is 12.6 Å². The van der Waals surface area contributed by atoms with Crippen LogP contribution in [0, 0.1) is 11.3 Å². The average Bonchev–Trinajstić information content (AvgIpc) is 2.38. The first-order valence-corrected chi connectivity index (χ1v) is 4.34. The fourth-order valence-corrected chi connectivity index (χ4v) is 0.953. The molecule has 0 saturated carbocycles. The minimum atomic E-state index is -2.89. The Kier molecular flexibility index (Phi) is 2.18. The average molecular weight is 194 g/mol. The van der Waals surface area contributed by atoms with Gasteiger partial charge in [0.2, 0.25) is 0 Å². The summed E-state index contributed by atoms with van der Waals surface area (Å²) in [5.41, 5.74) is 0.107. The van der Waals surface area contributed by atoms with Crippen molar-refractivity contribution < 1.29 is 8.22 Å². The highest BCUT2D eigenvalue weighted by Crippen LogP contribution is 2.02. The SMILES string of the molecule is [2H]C([2H])([2H])C([2H])(NCCC#N)C([2H])([2H])c1ccccc1. The van der Waals surface area contributed by atoms with Gasteiger partial charge in [-0.05, 0) is 18.8 Å². The zero-order valence-electron chi connectivity index (χ0n) is 13.7. The Labute approximate surface area is 94.0 Å². The molecule has 1 rings (SSSR count). The van der Waals surface area contributed by atoms with E-state index in [-0.39, 0.29) is 18.5 Å². The molecule has 1 N–H and O–H groups in total. The van der Waals surface area contributed by atoms with Crippen molar-refractivity contribution in [3.8, 4) is 6.07 Å². The summed E-state index contributed by atoms with van der Waals surface area (Å²) in [5, 5.41) is 10.9. The lowest BCUT2D eigenvalue weighted by molar-refractivity contribution is 0.553. The molecule has 2 nitrogen and oxygen atoms in total. The molecule has 0 aromatic heterocycles. The maximum atomic E-state index is 8.50. The molecule has 0 heterocycles. The van der Waals surface area contributed by atoms with Crippen LogP contribution in [0.15, 0.2) is 30.3 Å². The van der Waals surface area contributed by atoms with E-state index in [0.717, 1.165) is 0 Å². The third-order valence-corrected chi connectivity index (χ3v) is 1.58. The number of benzene rings is 1. The summed E-state index contributed by atoms with van der Waals surface area (Å²) in [7, 11) is 0. The number of nitrogens with zero attached hydrogens (tertiary/aromatic N) is 1. The zero-order chi connectivity index (χ0) is 15.4. The van der Waals surface area contributed by atoms with Crippen LogP contribution < -0.4 is 5.32 Å². The lowest BCUT2D eigenvalue weighted by Gasteiger charge is -2.12. The summed E-state index contributed by atoms with van der Waals surface area (Å²) in [5.74, 6) is 0. The van der Waals surface area contributed by atoms with E-state index in [1.165, 1.54) is 12.1 Å². The summed E-state index contributed by atoms with van der Waals surface area (Å²) in [6, 6.07) is 7.05. The van der Waals surface area contributed by atoms with Crippen molar-refractivity contribution in [2.75, 3.05) is 6.54 Å². The minimum absolute atomic E-state index is 0.00157. The molecular weight excluding hydrogens is 172 g/mol. The molecule has 1 aromatic carbocycles. The van der Waals surface area contributed by atoms with Crippen LogP contribution in [0.25, 0.3) is 0 Å². The van der Waals surface area contributed by atoms with E-state index < -0.39 is 19.2 Å². The second-order valence-electron chi connectivity index (χ2n) is 2.70.